The third-order valence-corrected chi connectivity index (χ3v) is 6.23. The van der Waals surface area contributed by atoms with Gasteiger partial charge in [-0.05, 0) is 67.4 Å². The van der Waals surface area contributed by atoms with Gasteiger partial charge in [0, 0.05) is 23.7 Å². The highest BCUT2D eigenvalue weighted by atomic mass is 19.1. The summed E-state index contributed by atoms with van der Waals surface area (Å²) in [6.07, 6.45) is 7.81. The molecule has 1 aromatic heterocycles. The number of benzene rings is 1. The molecule has 4 rings (SSSR count). The number of carbonyl (C=O) groups is 1. The van der Waals surface area contributed by atoms with Gasteiger partial charge in [0.1, 0.15) is 5.82 Å². The largest absolute Gasteiger partial charge is 0.465 e. The molecule has 4 atom stereocenters. The Morgan fingerprint density at radius 1 is 1.23 bits per heavy atom. The molecular weight excluding hydrogens is 385 g/mol. The van der Waals surface area contributed by atoms with Gasteiger partial charge in [0.15, 0.2) is 0 Å². The molecule has 0 radical (unpaired) electrons. The maximum atomic E-state index is 13.4. The van der Waals surface area contributed by atoms with Crippen LogP contribution in [0.2, 0.25) is 0 Å². The van der Waals surface area contributed by atoms with Crippen molar-refractivity contribution in [3.8, 4) is 11.1 Å². The minimum Gasteiger partial charge on any atom is -0.465 e. The van der Waals surface area contributed by atoms with Gasteiger partial charge in [-0.15, -0.1) is 0 Å². The zero-order valence-corrected chi connectivity index (χ0v) is 16.4. The molecule has 1 amide bonds. The summed E-state index contributed by atoms with van der Waals surface area (Å²) in [5, 5.41) is 24.5. The van der Waals surface area contributed by atoms with Crippen molar-refractivity contribution in [2.24, 2.45) is 22.9 Å². The Morgan fingerprint density at radius 3 is 2.80 bits per heavy atom. The van der Waals surface area contributed by atoms with E-state index in [0.29, 0.717) is 18.3 Å². The van der Waals surface area contributed by atoms with Gasteiger partial charge in [0.25, 0.3) is 0 Å². The highest BCUT2D eigenvalue weighted by Gasteiger charge is 2.43. The Labute approximate surface area is 174 Å². The molecular formula is C23H24FN3O3. The molecule has 2 saturated carbocycles. The smallest absolute Gasteiger partial charge is 0.404 e. The summed E-state index contributed by atoms with van der Waals surface area (Å²) in [6.45, 7) is 0. The molecule has 6 nitrogen and oxygen atoms in total. The lowest BCUT2D eigenvalue weighted by atomic mass is 9.76. The standard InChI is InChI=1S/C23H24FN3O3/c24-17-3-1-2-14(10-17)15-4-5-18(25-13-15)6-9-21-20-8-7-19(26-23(28)29)11-16(20)12-22(21)27-30/h1-6,9-10,13,16,19-21,26,30H,7-8,11-12H2,(H,28,29)/b9-6+,27-22?/t16-,19?,20-,21+/m1/s1. The lowest BCUT2D eigenvalue weighted by Crippen LogP contribution is -2.39. The Morgan fingerprint density at radius 2 is 2.10 bits per heavy atom. The van der Waals surface area contributed by atoms with Crippen molar-refractivity contribution in [1.29, 1.82) is 0 Å². The number of aromatic nitrogens is 1. The second kappa shape index (κ2) is 8.65. The second-order valence-electron chi connectivity index (χ2n) is 8.05. The molecule has 0 spiro atoms. The van der Waals surface area contributed by atoms with Crippen LogP contribution in [0.15, 0.2) is 53.8 Å². The molecule has 2 aliphatic carbocycles. The third-order valence-electron chi connectivity index (χ3n) is 6.23. The van der Waals surface area contributed by atoms with Crippen LogP contribution in [0.4, 0.5) is 9.18 Å². The van der Waals surface area contributed by atoms with E-state index in [1.165, 1.54) is 12.1 Å². The van der Waals surface area contributed by atoms with Gasteiger partial charge in [-0.3, -0.25) is 4.98 Å². The normalized spacial score (nSPS) is 27.3. The average Bonchev–Trinajstić information content (AvgIpc) is 3.09. The summed E-state index contributed by atoms with van der Waals surface area (Å²) in [7, 11) is 0. The van der Waals surface area contributed by atoms with E-state index in [-0.39, 0.29) is 17.8 Å². The van der Waals surface area contributed by atoms with E-state index in [2.05, 4.69) is 15.5 Å². The maximum absolute atomic E-state index is 13.4. The molecule has 1 heterocycles. The first-order valence-electron chi connectivity index (χ1n) is 10.1. The number of pyridine rings is 1. The van der Waals surface area contributed by atoms with Crippen LogP contribution >= 0.6 is 0 Å². The summed E-state index contributed by atoms with van der Waals surface area (Å²) in [5.41, 5.74) is 3.14. The monoisotopic (exact) mass is 409 g/mol. The minimum absolute atomic E-state index is 0.0236. The summed E-state index contributed by atoms with van der Waals surface area (Å²) in [6, 6.07) is 10.1. The first-order valence-corrected chi connectivity index (χ1v) is 10.1. The van der Waals surface area contributed by atoms with Crippen molar-refractivity contribution in [3.05, 3.63) is 60.2 Å². The van der Waals surface area contributed by atoms with E-state index in [9.17, 15) is 14.4 Å². The number of nitrogens with zero attached hydrogens (tertiary/aromatic N) is 2. The molecule has 2 fully saturated rings. The summed E-state index contributed by atoms with van der Waals surface area (Å²) in [4.78, 5) is 15.4. The maximum Gasteiger partial charge on any atom is 0.404 e. The highest BCUT2D eigenvalue weighted by molar-refractivity contribution is 5.91. The zero-order chi connectivity index (χ0) is 21.1. The van der Waals surface area contributed by atoms with Gasteiger partial charge >= 0.3 is 6.09 Å². The number of halogens is 1. The quantitative estimate of drug-likeness (QED) is 0.499. The molecule has 2 aliphatic rings. The Hall–Kier alpha value is -3.22. The van der Waals surface area contributed by atoms with Crippen LogP contribution in [0.5, 0.6) is 0 Å². The van der Waals surface area contributed by atoms with Gasteiger partial charge in [-0.2, -0.15) is 0 Å². The number of rotatable bonds is 4. The number of hydrogen-bond donors (Lipinski definition) is 3. The van der Waals surface area contributed by atoms with Crippen molar-refractivity contribution >= 4 is 17.9 Å². The number of fused-ring (bicyclic) bond motifs is 1. The molecule has 0 saturated heterocycles. The van der Waals surface area contributed by atoms with Crippen molar-refractivity contribution in [3.63, 3.8) is 0 Å². The minimum atomic E-state index is -0.989. The molecule has 156 valence electrons. The number of nitrogens with one attached hydrogen (secondary N) is 1. The fourth-order valence-corrected chi connectivity index (χ4v) is 4.86. The molecule has 3 N–H and O–H groups in total. The summed E-state index contributed by atoms with van der Waals surface area (Å²) < 4.78 is 13.4. The number of carboxylic acid groups (broad SMARTS) is 1. The van der Waals surface area contributed by atoms with E-state index >= 15 is 0 Å². The van der Waals surface area contributed by atoms with Gasteiger partial charge < -0.3 is 15.6 Å². The van der Waals surface area contributed by atoms with Crippen LogP contribution in [-0.2, 0) is 0 Å². The first kappa shape index (κ1) is 20.1. The molecule has 2 aromatic rings. The lowest BCUT2D eigenvalue weighted by Gasteiger charge is -2.33. The summed E-state index contributed by atoms with van der Waals surface area (Å²) >= 11 is 0. The summed E-state index contributed by atoms with van der Waals surface area (Å²) in [5.74, 6) is 0.386. The lowest BCUT2D eigenvalue weighted by molar-refractivity contribution is 0.169. The average molecular weight is 409 g/mol. The van der Waals surface area contributed by atoms with Gasteiger partial charge in [0.05, 0.1) is 11.4 Å². The molecule has 0 bridgehead atoms. The molecule has 1 aromatic carbocycles. The van der Waals surface area contributed by atoms with Crippen molar-refractivity contribution < 1.29 is 19.5 Å². The van der Waals surface area contributed by atoms with Crippen LogP contribution in [-0.4, -0.2) is 33.1 Å². The van der Waals surface area contributed by atoms with E-state index in [1.54, 1.807) is 12.3 Å². The molecule has 0 aliphatic heterocycles. The second-order valence-corrected chi connectivity index (χ2v) is 8.05. The Kier molecular flexibility index (Phi) is 5.79. The number of allylic oxidation sites excluding steroid dienone is 1. The van der Waals surface area contributed by atoms with Crippen LogP contribution in [0.1, 0.15) is 31.4 Å². The Bertz CT molecular complexity index is 974. The highest BCUT2D eigenvalue weighted by Crippen LogP contribution is 2.45. The van der Waals surface area contributed by atoms with Crippen LogP contribution in [0, 0.1) is 23.6 Å². The van der Waals surface area contributed by atoms with Crippen LogP contribution in [0.25, 0.3) is 17.2 Å². The van der Waals surface area contributed by atoms with Crippen LogP contribution < -0.4 is 5.32 Å². The first-order chi connectivity index (χ1) is 14.5. The fourth-order valence-electron chi connectivity index (χ4n) is 4.86. The molecule has 7 heteroatoms. The third kappa shape index (κ3) is 4.35. The van der Waals surface area contributed by atoms with Gasteiger partial charge in [-0.25, -0.2) is 9.18 Å². The number of amides is 1. The molecule has 1 unspecified atom stereocenters. The van der Waals surface area contributed by atoms with Gasteiger partial charge in [-0.1, -0.05) is 29.4 Å². The van der Waals surface area contributed by atoms with Crippen molar-refractivity contribution in [2.75, 3.05) is 0 Å². The number of hydrogen-bond acceptors (Lipinski definition) is 4. The fraction of sp³-hybridized carbons (Fsp3) is 0.348. The Balaban J connectivity index is 1.46. The molecule has 30 heavy (non-hydrogen) atoms. The van der Waals surface area contributed by atoms with Crippen molar-refractivity contribution in [2.45, 2.75) is 31.7 Å². The van der Waals surface area contributed by atoms with E-state index in [1.807, 2.05) is 30.4 Å². The van der Waals surface area contributed by atoms with E-state index in [4.69, 9.17) is 5.11 Å². The number of oxime groups is 1. The van der Waals surface area contributed by atoms with E-state index < -0.39 is 6.09 Å². The predicted molar refractivity (Wildman–Crippen MR) is 112 cm³/mol. The topological polar surface area (TPSA) is 94.8 Å². The van der Waals surface area contributed by atoms with Crippen LogP contribution in [0.3, 0.4) is 0 Å². The SMILES string of the molecule is O=C(O)NC1CC[C@@H]2[C@@H](CC(=NO)[C@H]2/C=C/c2ccc(-c3cccc(F)c3)cn2)C1. The van der Waals surface area contributed by atoms with Gasteiger partial charge in [0.2, 0.25) is 0 Å². The van der Waals surface area contributed by atoms with Crippen molar-refractivity contribution in [1.82, 2.24) is 10.3 Å². The predicted octanol–water partition coefficient (Wildman–Crippen LogP) is 4.80. The zero-order valence-electron chi connectivity index (χ0n) is 16.4. The van der Waals surface area contributed by atoms with E-state index in [0.717, 1.165) is 41.8 Å².